The largest absolute Gasteiger partial charge is 0.455 e. The fraction of sp³-hybridized carbons (Fsp3) is 0.261. The van der Waals surface area contributed by atoms with Gasteiger partial charge in [0.2, 0.25) is 0 Å². The second-order valence-corrected chi connectivity index (χ2v) is 9.14. The third-order valence-electron chi connectivity index (χ3n) is 5.22. The highest BCUT2D eigenvalue weighted by atomic mass is 35.5. The average Bonchev–Trinajstić information content (AvgIpc) is 3.22. The number of piperazine rings is 1. The first-order valence-electron chi connectivity index (χ1n) is 9.84. The summed E-state index contributed by atoms with van der Waals surface area (Å²) in [4.78, 5) is 17.6. The molecule has 0 bridgehead atoms. The van der Waals surface area contributed by atoms with Gasteiger partial charge in [0.1, 0.15) is 5.76 Å². The lowest BCUT2D eigenvalue weighted by Gasteiger charge is -2.35. The summed E-state index contributed by atoms with van der Waals surface area (Å²) >= 11 is 6.08. The molecule has 3 aromatic rings. The molecule has 0 spiro atoms. The molecule has 1 aliphatic rings. The minimum Gasteiger partial charge on any atom is -0.455 e. The summed E-state index contributed by atoms with van der Waals surface area (Å²) in [7, 11) is -1.21. The van der Waals surface area contributed by atoms with Crippen LogP contribution in [0, 0.1) is 6.92 Å². The Hall–Kier alpha value is -2.57. The number of furan rings is 1. The van der Waals surface area contributed by atoms with Crippen molar-refractivity contribution in [2.24, 2.45) is 0 Å². The molecule has 0 N–H and O–H groups in total. The van der Waals surface area contributed by atoms with E-state index in [-0.39, 0.29) is 11.7 Å². The molecule has 1 atom stereocenters. The molecule has 7 heteroatoms. The Morgan fingerprint density at radius 2 is 1.80 bits per heavy atom. The van der Waals surface area contributed by atoms with Crippen LogP contribution in [0.3, 0.4) is 0 Å². The van der Waals surface area contributed by atoms with E-state index in [1.807, 2.05) is 55.5 Å². The molecule has 5 nitrogen and oxygen atoms in total. The first kappa shape index (κ1) is 20.7. The number of hydrogen-bond acceptors (Lipinski definition) is 4. The number of rotatable bonds is 5. The van der Waals surface area contributed by atoms with Gasteiger partial charge in [0.25, 0.3) is 5.91 Å². The number of carbonyl (C=O) groups is 1. The molecule has 2 aromatic carbocycles. The lowest BCUT2D eigenvalue weighted by molar-refractivity contribution is 0.0713. The van der Waals surface area contributed by atoms with Gasteiger partial charge in [-0.2, -0.15) is 0 Å². The van der Waals surface area contributed by atoms with Crippen LogP contribution in [-0.4, -0.2) is 41.2 Å². The Kier molecular flexibility index (Phi) is 6.25. The van der Waals surface area contributed by atoms with Gasteiger partial charge in [-0.3, -0.25) is 9.00 Å². The van der Waals surface area contributed by atoms with E-state index in [1.165, 1.54) is 0 Å². The highest BCUT2D eigenvalue weighted by molar-refractivity contribution is 7.84. The van der Waals surface area contributed by atoms with Crippen molar-refractivity contribution >= 4 is 34.0 Å². The van der Waals surface area contributed by atoms with E-state index >= 15 is 0 Å². The number of halogens is 1. The van der Waals surface area contributed by atoms with Crippen LogP contribution in [0.2, 0.25) is 5.02 Å². The standard InChI is InChI=1S/C23H23ClN2O3S/c1-17-5-2-3-8-22(17)30(28)16-20-9-10-21(29-20)23(27)26-13-11-25(12-14-26)19-7-4-6-18(24)15-19/h2-10,15H,11-14,16H2,1H3. The number of carbonyl (C=O) groups excluding carboxylic acids is 1. The van der Waals surface area contributed by atoms with Crippen LogP contribution in [0.15, 0.2) is 70.0 Å². The maximum atomic E-state index is 12.8. The van der Waals surface area contributed by atoms with Gasteiger partial charge >= 0.3 is 0 Å². The van der Waals surface area contributed by atoms with Crippen molar-refractivity contribution in [3.8, 4) is 0 Å². The molecule has 0 aliphatic carbocycles. The summed E-state index contributed by atoms with van der Waals surface area (Å²) in [6.07, 6.45) is 0. The van der Waals surface area contributed by atoms with Crippen LogP contribution >= 0.6 is 11.6 Å². The van der Waals surface area contributed by atoms with Crippen LogP contribution in [0.1, 0.15) is 21.9 Å². The fourth-order valence-electron chi connectivity index (χ4n) is 3.59. The molecule has 4 rings (SSSR count). The van der Waals surface area contributed by atoms with Gasteiger partial charge in [0.05, 0.1) is 16.6 Å². The number of aryl methyl sites for hydroxylation is 1. The molecule has 1 aliphatic heterocycles. The van der Waals surface area contributed by atoms with Crippen molar-refractivity contribution in [3.05, 3.63) is 82.8 Å². The van der Waals surface area contributed by atoms with E-state index in [4.69, 9.17) is 16.0 Å². The zero-order chi connectivity index (χ0) is 21.1. The number of amides is 1. The zero-order valence-corrected chi connectivity index (χ0v) is 18.3. The molecule has 1 fully saturated rings. The Morgan fingerprint density at radius 3 is 2.53 bits per heavy atom. The van der Waals surface area contributed by atoms with E-state index in [9.17, 15) is 9.00 Å². The Morgan fingerprint density at radius 1 is 1.03 bits per heavy atom. The van der Waals surface area contributed by atoms with Crippen LogP contribution in [0.5, 0.6) is 0 Å². The first-order chi connectivity index (χ1) is 14.5. The molecule has 1 unspecified atom stereocenters. The molecular formula is C23H23ClN2O3S. The van der Waals surface area contributed by atoms with Gasteiger partial charge in [0, 0.05) is 41.8 Å². The zero-order valence-electron chi connectivity index (χ0n) is 16.7. The minimum atomic E-state index is -1.21. The predicted molar refractivity (Wildman–Crippen MR) is 120 cm³/mol. The van der Waals surface area contributed by atoms with E-state index in [0.29, 0.717) is 29.6 Å². The van der Waals surface area contributed by atoms with Gasteiger partial charge in [-0.1, -0.05) is 35.9 Å². The van der Waals surface area contributed by atoms with Gasteiger partial charge in [-0.25, -0.2) is 0 Å². The average molecular weight is 443 g/mol. The smallest absolute Gasteiger partial charge is 0.289 e. The third kappa shape index (κ3) is 4.60. The second kappa shape index (κ2) is 9.06. The van der Waals surface area contributed by atoms with Crippen molar-refractivity contribution in [3.63, 3.8) is 0 Å². The quantitative estimate of drug-likeness (QED) is 0.583. The van der Waals surface area contributed by atoms with E-state index in [2.05, 4.69) is 4.90 Å². The maximum absolute atomic E-state index is 12.8. The van der Waals surface area contributed by atoms with Crippen molar-refractivity contribution < 1.29 is 13.4 Å². The number of benzene rings is 2. The summed E-state index contributed by atoms with van der Waals surface area (Å²) in [5.74, 6) is 0.967. The SMILES string of the molecule is Cc1ccccc1S(=O)Cc1ccc(C(=O)N2CCN(c3cccc(Cl)c3)CC2)o1. The maximum Gasteiger partial charge on any atom is 0.289 e. The van der Waals surface area contributed by atoms with Crippen LogP contribution < -0.4 is 4.90 Å². The number of hydrogen-bond donors (Lipinski definition) is 0. The van der Waals surface area contributed by atoms with Crippen molar-refractivity contribution in [2.45, 2.75) is 17.6 Å². The summed E-state index contributed by atoms with van der Waals surface area (Å²) < 4.78 is 18.4. The third-order valence-corrected chi connectivity index (χ3v) is 6.96. The number of anilines is 1. The van der Waals surface area contributed by atoms with Crippen LogP contribution in [-0.2, 0) is 16.6 Å². The lowest BCUT2D eigenvalue weighted by Crippen LogP contribution is -2.48. The lowest BCUT2D eigenvalue weighted by atomic mass is 10.2. The highest BCUT2D eigenvalue weighted by Gasteiger charge is 2.25. The molecule has 0 radical (unpaired) electrons. The van der Waals surface area contributed by atoms with Gasteiger partial charge in [0.15, 0.2) is 5.76 Å². The monoisotopic (exact) mass is 442 g/mol. The summed E-state index contributed by atoms with van der Waals surface area (Å²) in [5.41, 5.74) is 2.05. The molecule has 2 heterocycles. The highest BCUT2D eigenvalue weighted by Crippen LogP contribution is 2.22. The summed E-state index contributed by atoms with van der Waals surface area (Å²) in [6, 6.07) is 18.8. The summed E-state index contributed by atoms with van der Waals surface area (Å²) in [5, 5.41) is 0.706. The molecule has 1 aromatic heterocycles. The first-order valence-corrected chi connectivity index (χ1v) is 11.5. The van der Waals surface area contributed by atoms with Gasteiger partial charge in [-0.15, -0.1) is 0 Å². The molecule has 1 saturated heterocycles. The van der Waals surface area contributed by atoms with Crippen LogP contribution in [0.25, 0.3) is 0 Å². The molecule has 30 heavy (non-hydrogen) atoms. The van der Waals surface area contributed by atoms with E-state index in [0.717, 1.165) is 29.2 Å². The second-order valence-electron chi connectivity index (χ2n) is 7.28. The van der Waals surface area contributed by atoms with Gasteiger partial charge < -0.3 is 14.2 Å². The topological polar surface area (TPSA) is 53.8 Å². The summed E-state index contributed by atoms with van der Waals surface area (Å²) in [6.45, 7) is 4.62. The van der Waals surface area contributed by atoms with Crippen LogP contribution in [0.4, 0.5) is 5.69 Å². The Labute approximate surface area is 183 Å². The molecule has 156 valence electrons. The van der Waals surface area contributed by atoms with Crippen molar-refractivity contribution in [1.82, 2.24) is 4.90 Å². The van der Waals surface area contributed by atoms with Gasteiger partial charge in [-0.05, 0) is 48.9 Å². The Balaban J connectivity index is 1.36. The predicted octanol–water partition coefficient (Wildman–Crippen LogP) is 4.51. The Bertz CT molecular complexity index is 1070. The van der Waals surface area contributed by atoms with E-state index < -0.39 is 10.8 Å². The molecule has 0 saturated carbocycles. The van der Waals surface area contributed by atoms with E-state index in [1.54, 1.807) is 17.0 Å². The van der Waals surface area contributed by atoms with Crippen molar-refractivity contribution in [1.29, 1.82) is 0 Å². The molecular weight excluding hydrogens is 420 g/mol. The number of nitrogens with zero attached hydrogens (tertiary/aromatic N) is 2. The minimum absolute atomic E-state index is 0.131. The van der Waals surface area contributed by atoms with Crippen molar-refractivity contribution in [2.75, 3.05) is 31.1 Å². The fourth-order valence-corrected chi connectivity index (χ4v) is 5.00. The molecule has 1 amide bonds. The normalized spacial score (nSPS) is 15.3.